The predicted octanol–water partition coefficient (Wildman–Crippen LogP) is 6.09. The molecule has 0 N–H and O–H groups in total. The molecule has 39 heavy (non-hydrogen) atoms. The van der Waals surface area contributed by atoms with Crippen molar-refractivity contribution >= 4 is 15.7 Å². The molecule has 7 heteroatoms. The fraction of sp³-hybridized carbons (Fsp3) is 0.156. The highest BCUT2D eigenvalue weighted by Gasteiger charge is 2.34. The highest BCUT2D eigenvalue weighted by atomic mass is 32.2. The van der Waals surface area contributed by atoms with Gasteiger partial charge in [0, 0.05) is 31.7 Å². The lowest BCUT2D eigenvalue weighted by molar-refractivity contribution is 0.209. The van der Waals surface area contributed by atoms with E-state index in [0.717, 1.165) is 18.7 Å². The topological polar surface area (TPSA) is 66.7 Å². The molecule has 0 aliphatic carbocycles. The summed E-state index contributed by atoms with van der Waals surface area (Å²) in [7, 11) is -3.88. The Labute approximate surface area is 229 Å². The van der Waals surface area contributed by atoms with Gasteiger partial charge in [-0.25, -0.2) is 8.42 Å². The highest BCUT2D eigenvalue weighted by molar-refractivity contribution is 7.91. The molecule has 6 rings (SSSR count). The Bertz CT molecular complexity index is 1580. The van der Waals surface area contributed by atoms with Gasteiger partial charge >= 0.3 is 0 Å². The van der Waals surface area contributed by atoms with E-state index >= 15 is 0 Å². The SMILES string of the molecule is O=S(=O)(c1ccccc1)c1nc(-c2ccccc2)oc1N1CCN(C(c2ccccc2)c2ccccc2)CC1. The molecule has 1 fully saturated rings. The van der Waals surface area contributed by atoms with Crippen LogP contribution in [0.2, 0.25) is 0 Å². The third-order valence-electron chi connectivity index (χ3n) is 7.11. The van der Waals surface area contributed by atoms with Crippen molar-refractivity contribution in [2.75, 3.05) is 31.1 Å². The zero-order chi connectivity index (χ0) is 26.7. The second-order valence-corrected chi connectivity index (χ2v) is 11.4. The first-order chi connectivity index (χ1) is 19.1. The number of oxazole rings is 1. The van der Waals surface area contributed by atoms with Crippen molar-refractivity contribution in [2.24, 2.45) is 0 Å². The molecule has 0 spiro atoms. The molecule has 1 aliphatic heterocycles. The molecule has 5 aromatic rings. The predicted molar refractivity (Wildman–Crippen MR) is 152 cm³/mol. The third-order valence-corrected chi connectivity index (χ3v) is 8.77. The van der Waals surface area contributed by atoms with Crippen molar-refractivity contribution < 1.29 is 12.8 Å². The summed E-state index contributed by atoms with van der Waals surface area (Å²) in [5.74, 6) is 0.599. The fourth-order valence-corrected chi connectivity index (χ4v) is 6.50. The summed E-state index contributed by atoms with van der Waals surface area (Å²) >= 11 is 0. The number of rotatable bonds is 7. The van der Waals surface area contributed by atoms with Gasteiger partial charge in [-0.15, -0.1) is 0 Å². The first kappa shape index (κ1) is 25.1. The lowest BCUT2D eigenvalue weighted by Crippen LogP contribution is -2.48. The Morgan fingerprint density at radius 1 is 0.641 bits per heavy atom. The molecule has 2 heterocycles. The highest BCUT2D eigenvalue weighted by Crippen LogP contribution is 2.36. The van der Waals surface area contributed by atoms with E-state index in [1.54, 1.807) is 30.3 Å². The molecule has 1 saturated heterocycles. The van der Waals surface area contributed by atoms with Crippen LogP contribution < -0.4 is 4.90 Å². The molecular formula is C32H29N3O3S. The first-order valence-corrected chi connectivity index (χ1v) is 14.5. The van der Waals surface area contributed by atoms with E-state index in [4.69, 9.17) is 4.42 Å². The van der Waals surface area contributed by atoms with Crippen LogP contribution in [0.1, 0.15) is 17.2 Å². The summed E-state index contributed by atoms with van der Waals surface area (Å²) in [6, 6.07) is 39.0. The van der Waals surface area contributed by atoms with Crippen molar-refractivity contribution in [3.8, 4) is 11.5 Å². The summed E-state index contributed by atoms with van der Waals surface area (Å²) in [5.41, 5.74) is 3.20. The van der Waals surface area contributed by atoms with Crippen LogP contribution in [0.5, 0.6) is 0 Å². The maximum absolute atomic E-state index is 13.7. The molecule has 0 saturated carbocycles. The number of sulfone groups is 1. The lowest BCUT2D eigenvalue weighted by Gasteiger charge is -2.39. The maximum atomic E-state index is 13.7. The molecule has 1 aliphatic rings. The van der Waals surface area contributed by atoms with Gasteiger partial charge in [-0.3, -0.25) is 4.90 Å². The molecular weight excluding hydrogens is 506 g/mol. The average molecular weight is 536 g/mol. The molecule has 6 nitrogen and oxygen atoms in total. The van der Waals surface area contributed by atoms with Crippen LogP contribution in [0.4, 0.5) is 5.88 Å². The average Bonchev–Trinajstić information content (AvgIpc) is 3.46. The number of piperazine rings is 1. The van der Waals surface area contributed by atoms with E-state index in [1.807, 2.05) is 47.4 Å². The van der Waals surface area contributed by atoms with Gasteiger partial charge in [0.05, 0.1) is 10.9 Å². The van der Waals surface area contributed by atoms with Crippen LogP contribution in [-0.2, 0) is 9.84 Å². The second-order valence-electron chi connectivity index (χ2n) is 9.56. The Morgan fingerprint density at radius 3 is 1.67 bits per heavy atom. The Kier molecular flexibility index (Phi) is 7.00. The number of anilines is 1. The summed E-state index contributed by atoms with van der Waals surface area (Å²) in [4.78, 5) is 9.20. The summed E-state index contributed by atoms with van der Waals surface area (Å²) in [6.07, 6.45) is 0. The van der Waals surface area contributed by atoms with Crippen LogP contribution in [0.15, 0.2) is 136 Å². The first-order valence-electron chi connectivity index (χ1n) is 13.1. The number of hydrogen-bond acceptors (Lipinski definition) is 6. The van der Waals surface area contributed by atoms with Gasteiger partial charge in [-0.05, 0) is 35.4 Å². The number of benzene rings is 4. The maximum Gasteiger partial charge on any atom is 0.236 e. The van der Waals surface area contributed by atoms with Crippen LogP contribution in [0.25, 0.3) is 11.5 Å². The number of nitrogens with zero attached hydrogens (tertiary/aromatic N) is 3. The van der Waals surface area contributed by atoms with Gasteiger partial charge in [0.25, 0.3) is 0 Å². The third kappa shape index (κ3) is 5.11. The van der Waals surface area contributed by atoms with E-state index < -0.39 is 9.84 Å². The van der Waals surface area contributed by atoms with Crippen molar-refractivity contribution in [1.29, 1.82) is 0 Å². The second kappa shape index (κ2) is 10.9. The van der Waals surface area contributed by atoms with Gasteiger partial charge < -0.3 is 9.32 Å². The van der Waals surface area contributed by atoms with E-state index in [0.29, 0.717) is 24.9 Å². The zero-order valence-electron chi connectivity index (χ0n) is 21.4. The molecule has 0 unspecified atom stereocenters. The van der Waals surface area contributed by atoms with Crippen LogP contribution in [-0.4, -0.2) is 44.5 Å². The van der Waals surface area contributed by atoms with E-state index in [-0.39, 0.29) is 16.0 Å². The van der Waals surface area contributed by atoms with Crippen molar-refractivity contribution in [3.05, 3.63) is 132 Å². The monoisotopic (exact) mass is 535 g/mol. The van der Waals surface area contributed by atoms with E-state index in [1.165, 1.54) is 11.1 Å². The normalized spacial score (nSPS) is 14.5. The van der Waals surface area contributed by atoms with Crippen molar-refractivity contribution in [2.45, 2.75) is 16.0 Å². The van der Waals surface area contributed by atoms with Crippen LogP contribution in [0, 0.1) is 0 Å². The Balaban J connectivity index is 1.33. The molecule has 0 amide bonds. The van der Waals surface area contributed by atoms with Crippen LogP contribution in [0.3, 0.4) is 0 Å². The van der Waals surface area contributed by atoms with Gasteiger partial charge in [-0.2, -0.15) is 4.98 Å². The Morgan fingerprint density at radius 2 is 1.13 bits per heavy atom. The van der Waals surface area contributed by atoms with Crippen LogP contribution >= 0.6 is 0 Å². The van der Waals surface area contributed by atoms with Gasteiger partial charge in [0.15, 0.2) is 0 Å². The molecule has 0 radical (unpaired) electrons. The number of aromatic nitrogens is 1. The smallest absolute Gasteiger partial charge is 0.236 e. The largest absolute Gasteiger partial charge is 0.419 e. The zero-order valence-corrected chi connectivity index (χ0v) is 22.2. The standard InChI is InChI=1S/C32H29N3O3S/c36-39(37,28-19-11-4-12-20-28)31-32(38-30(33-31)27-17-9-3-10-18-27)35-23-21-34(22-24-35)29(25-13-5-1-6-14-25)26-15-7-2-8-16-26/h1-20,29H,21-24H2. The van der Waals surface area contributed by atoms with Gasteiger partial charge in [-0.1, -0.05) is 97.1 Å². The number of hydrogen-bond donors (Lipinski definition) is 0. The van der Waals surface area contributed by atoms with Crippen molar-refractivity contribution in [1.82, 2.24) is 9.88 Å². The lowest BCUT2D eigenvalue weighted by atomic mass is 9.96. The van der Waals surface area contributed by atoms with Gasteiger partial charge in [0.1, 0.15) is 0 Å². The minimum Gasteiger partial charge on any atom is -0.419 e. The van der Waals surface area contributed by atoms with E-state index in [9.17, 15) is 8.42 Å². The quantitative estimate of drug-likeness (QED) is 0.251. The van der Waals surface area contributed by atoms with Crippen molar-refractivity contribution in [3.63, 3.8) is 0 Å². The molecule has 1 aromatic heterocycles. The molecule has 0 atom stereocenters. The summed E-state index contributed by atoms with van der Waals surface area (Å²) in [5, 5.41) is -0.0383. The van der Waals surface area contributed by atoms with E-state index in [2.05, 4.69) is 58.4 Å². The molecule has 4 aromatic carbocycles. The Hall–Kier alpha value is -4.20. The summed E-state index contributed by atoms with van der Waals surface area (Å²) < 4.78 is 33.7. The fourth-order valence-electron chi connectivity index (χ4n) is 5.16. The molecule has 0 bridgehead atoms. The summed E-state index contributed by atoms with van der Waals surface area (Å²) in [6.45, 7) is 2.69. The molecule has 196 valence electrons. The van der Waals surface area contributed by atoms with Gasteiger partial charge in [0.2, 0.25) is 26.6 Å². The minimum absolute atomic E-state index is 0.0383. The minimum atomic E-state index is -3.88.